The number of amides is 1. The SMILES string of the molecule is CC(C)Oc1cccc(N(CC(=O)N2CCC(Cc3ccccc3)CC2)S(C)(=O)=O)c1. The van der Waals surface area contributed by atoms with Crippen LogP contribution >= 0.6 is 0 Å². The lowest BCUT2D eigenvalue weighted by Crippen LogP contribution is -2.46. The predicted molar refractivity (Wildman–Crippen MR) is 124 cm³/mol. The van der Waals surface area contributed by atoms with E-state index in [-0.39, 0.29) is 18.6 Å². The number of nitrogens with zero attached hydrogens (tertiary/aromatic N) is 2. The van der Waals surface area contributed by atoms with Crippen LogP contribution in [0.25, 0.3) is 0 Å². The minimum Gasteiger partial charge on any atom is -0.491 e. The Morgan fingerprint density at radius 1 is 1.10 bits per heavy atom. The number of hydrogen-bond acceptors (Lipinski definition) is 4. The van der Waals surface area contributed by atoms with Crippen LogP contribution in [0, 0.1) is 5.92 Å². The Morgan fingerprint density at radius 3 is 2.39 bits per heavy atom. The number of sulfonamides is 1. The first kappa shape index (κ1) is 23.1. The van der Waals surface area contributed by atoms with Crippen molar-refractivity contribution in [1.82, 2.24) is 4.90 Å². The van der Waals surface area contributed by atoms with Crippen LogP contribution in [-0.4, -0.2) is 51.2 Å². The molecular weight excluding hydrogens is 412 g/mol. The summed E-state index contributed by atoms with van der Waals surface area (Å²) >= 11 is 0. The molecule has 2 aromatic rings. The lowest BCUT2D eigenvalue weighted by atomic mass is 9.90. The van der Waals surface area contributed by atoms with E-state index in [2.05, 4.69) is 24.3 Å². The second-order valence-electron chi connectivity index (χ2n) is 8.45. The van der Waals surface area contributed by atoms with E-state index in [4.69, 9.17) is 4.74 Å². The molecule has 0 saturated carbocycles. The Bertz CT molecular complexity index is 968. The highest BCUT2D eigenvalue weighted by Gasteiger charge is 2.27. The Kier molecular flexibility index (Phi) is 7.59. The van der Waals surface area contributed by atoms with Crippen molar-refractivity contribution in [3.05, 3.63) is 60.2 Å². The smallest absolute Gasteiger partial charge is 0.243 e. The van der Waals surface area contributed by atoms with Crippen LogP contribution in [-0.2, 0) is 21.2 Å². The molecule has 168 valence electrons. The molecule has 0 N–H and O–H groups in total. The monoisotopic (exact) mass is 444 g/mol. The van der Waals surface area contributed by atoms with Crippen molar-refractivity contribution in [3.8, 4) is 5.75 Å². The van der Waals surface area contributed by atoms with Gasteiger partial charge in [0, 0.05) is 19.2 Å². The van der Waals surface area contributed by atoms with Crippen LogP contribution in [0.15, 0.2) is 54.6 Å². The number of piperidine rings is 1. The van der Waals surface area contributed by atoms with Gasteiger partial charge in [0.05, 0.1) is 18.0 Å². The molecule has 0 atom stereocenters. The van der Waals surface area contributed by atoms with Gasteiger partial charge in [-0.3, -0.25) is 9.10 Å². The molecule has 2 aromatic carbocycles. The number of rotatable bonds is 8. The van der Waals surface area contributed by atoms with Crippen LogP contribution in [0.3, 0.4) is 0 Å². The fourth-order valence-corrected chi connectivity index (χ4v) is 4.78. The number of anilines is 1. The second-order valence-corrected chi connectivity index (χ2v) is 10.4. The van der Waals surface area contributed by atoms with Gasteiger partial charge in [0.1, 0.15) is 12.3 Å². The Hall–Kier alpha value is -2.54. The molecule has 6 nitrogen and oxygen atoms in total. The van der Waals surface area contributed by atoms with Gasteiger partial charge in [0.2, 0.25) is 15.9 Å². The van der Waals surface area contributed by atoms with Gasteiger partial charge in [0.15, 0.2) is 0 Å². The lowest BCUT2D eigenvalue weighted by Gasteiger charge is -2.33. The van der Waals surface area contributed by atoms with Crippen molar-refractivity contribution < 1.29 is 17.9 Å². The summed E-state index contributed by atoms with van der Waals surface area (Å²) in [5, 5.41) is 0. The third-order valence-electron chi connectivity index (χ3n) is 5.49. The van der Waals surface area contributed by atoms with Gasteiger partial charge >= 0.3 is 0 Å². The van der Waals surface area contributed by atoms with Crippen molar-refractivity contribution >= 4 is 21.6 Å². The van der Waals surface area contributed by atoms with E-state index in [1.54, 1.807) is 29.2 Å². The summed E-state index contributed by atoms with van der Waals surface area (Å²) in [5.74, 6) is 0.955. The third kappa shape index (κ3) is 6.72. The predicted octanol–water partition coefficient (Wildman–Crippen LogP) is 3.72. The van der Waals surface area contributed by atoms with Gasteiger partial charge in [-0.25, -0.2) is 8.42 Å². The third-order valence-corrected chi connectivity index (χ3v) is 6.63. The lowest BCUT2D eigenvalue weighted by molar-refractivity contribution is -0.130. The fourth-order valence-electron chi connectivity index (χ4n) is 3.94. The quantitative estimate of drug-likeness (QED) is 0.622. The highest BCUT2D eigenvalue weighted by molar-refractivity contribution is 7.92. The number of hydrogen-bond donors (Lipinski definition) is 0. The van der Waals surface area contributed by atoms with E-state index >= 15 is 0 Å². The van der Waals surface area contributed by atoms with Crippen molar-refractivity contribution in [1.29, 1.82) is 0 Å². The van der Waals surface area contributed by atoms with E-state index < -0.39 is 10.0 Å². The maximum absolute atomic E-state index is 12.9. The minimum absolute atomic E-state index is 0.0271. The van der Waals surface area contributed by atoms with Crippen molar-refractivity contribution in [2.75, 3.05) is 30.2 Å². The molecule has 0 bridgehead atoms. The molecular formula is C24H32N2O4S. The topological polar surface area (TPSA) is 66.9 Å². The molecule has 0 radical (unpaired) electrons. The Morgan fingerprint density at radius 2 is 1.77 bits per heavy atom. The van der Waals surface area contributed by atoms with Crippen LogP contribution in [0.5, 0.6) is 5.75 Å². The highest BCUT2D eigenvalue weighted by atomic mass is 32.2. The zero-order valence-electron chi connectivity index (χ0n) is 18.5. The van der Waals surface area contributed by atoms with Crippen molar-refractivity contribution in [2.45, 2.75) is 39.2 Å². The molecule has 7 heteroatoms. The summed E-state index contributed by atoms with van der Waals surface area (Å²) in [5.41, 5.74) is 1.76. The van der Waals surface area contributed by atoms with E-state index in [9.17, 15) is 13.2 Å². The first-order chi connectivity index (χ1) is 14.7. The Labute approximate surface area is 185 Å². The Balaban J connectivity index is 1.63. The van der Waals surface area contributed by atoms with E-state index in [0.29, 0.717) is 30.4 Å². The summed E-state index contributed by atoms with van der Waals surface area (Å²) in [7, 11) is -3.62. The summed E-state index contributed by atoms with van der Waals surface area (Å²) in [6, 6.07) is 17.3. The highest BCUT2D eigenvalue weighted by Crippen LogP contribution is 2.25. The molecule has 3 rings (SSSR count). The van der Waals surface area contributed by atoms with Gasteiger partial charge in [-0.15, -0.1) is 0 Å². The molecule has 1 amide bonds. The standard InChI is InChI=1S/C24H32N2O4S/c1-19(2)30-23-11-7-10-22(17-23)26(31(3,28)29)18-24(27)25-14-12-21(13-15-25)16-20-8-5-4-6-9-20/h4-11,17,19,21H,12-16,18H2,1-3H3. The molecule has 1 fully saturated rings. The zero-order chi connectivity index (χ0) is 22.4. The first-order valence-corrected chi connectivity index (χ1v) is 12.6. The summed E-state index contributed by atoms with van der Waals surface area (Å²) in [6.07, 6.45) is 3.97. The largest absolute Gasteiger partial charge is 0.491 e. The molecule has 0 unspecified atom stereocenters. The molecule has 31 heavy (non-hydrogen) atoms. The number of likely N-dealkylation sites (tertiary alicyclic amines) is 1. The molecule has 1 aliphatic rings. The van der Waals surface area contributed by atoms with Crippen LogP contribution in [0.1, 0.15) is 32.3 Å². The van der Waals surface area contributed by atoms with Crippen LogP contribution in [0.2, 0.25) is 0 Å². The zero-order valence-corrected chi connectivity index (χ0v) is 19.3. The van der Waals surface area contributed by atoms with Crippen molar-refractivity contribution in [3.63, 3.8) is 0 Å². The molecule has 0 spiro atoms. The number of benzene rings is 2. The normalized spacial score (nSPS) is 15.2. The summed E-state index contributed by atoms with van der Waals surface area (Å²) < 4.78 is 31.8. The molecule has 0 aliphatic carbocycles. The maximum atomic E-state index is 12.9. The molecule has 1 heterocycles. The van der Waals surface area contributed by atoms with Gasteiger partial charge in [-0.2, -0.15) is 0 Å². The van der Waals surface area contributed by atoms with Crippen LogP contribution in [0.4, 0.5) is 5.69 Å². The van der Waals surface area contributed by atoms with Gasteiger partial charge in [-0.1, -0.05) is 36.4 Å². The second kappa shape index (κ2) is 10.2. The van der Waals surface area contributed by atoms with E-state index in [1.807, 2.05) is 19.9 Å². The number of ether oxygens (including phenoxy) is 1. The van der Waals surface area contributed by atoms with E-state index in [1.165, 1.54) is 9.87 Å². The van der Waals surface area contributed by atoms with Gasteiger partial charge < -0.3 is 9.64 Å². The van der Waals surface area contributed by atoms with E-state index in [0.717, 1.165) is 25.5 Å². The number of carbonyl (C=O) groups excluding carboxylic acids is 1. The fraction of sp³-hybridized carbons (Fsp3) is 0.458. The maximum Gasteiger partial charge on any atom is 0.243 e. The molecule has 1 saturated heterocycles. The van der Waals surface area contributed by atoms with Gasteiger partial charge in [0.25, 0.3) is 0 Å². The summed E-state index contributed by atoms with van der Waals surface area (Å²) in [6.45, 7) is 4.93. The van der Waals surface area contributed by atoms with Crippen molar-refractivity contribution in [2.24, 2.45) is 5.92 Å². The summed E-state index contributed by atoms with van der Waals surface area (Å²) in [4.78, 5) is 14.7. The minimum atomic E-state index is -3.62. The van der Waals surface area contributed by atoms with Crippen LogP contribution < -0.4 is 9.04 Å². The number of carbonyl (C=O) groups is 1. The van der Waals surface area contributed by atoms with Gasteiger partial charge in [-0.05, 0) is 56.7 Å². The average Bonchev–Trinajstić information content (AvgIpc) is 2.72. The molecule has 1 aliphatic heterocycles. The first-order valence-electron chi connectivity index (χ1n) is 10.8. The average molecular weight is 445 g/mol. The molecule has 0 aromatic heterocycles.